The largest absolute Gasteiger partial charge is 0.508 e. The second-order valence-electron chi connectivity index (χ2n) is 4.00. The van der Waals surface area contributed by atoms with Gasteiger partial charge in [-0.25, -0.2) is 0 Å². The monoisotopic (exact) mass is 351 g/mol. The quantitative estimate of drug-likeness (QED) is 0.156. The van der Waals surface area contributed by atoms with Gasteiger partial charge in [-0.2, -0.15) is 8.42 Å². The number of hydrogen-bond acceptors (Lipinski definition) is 9. The Balaban J connectivity index is 2.51. The summed E-state index contributed by atoms with van der Waals surface area (Å²) in [7, 11) is -4.69. The molecule has 0 aliphatic rings. The molecule has 23 heavy (non-hydrogen) atoms. The third kappa shape index (κ3) is 6.90. The number of aromatic hydroxyl groups is 1. The molecular weight excluding hydrogens is 338 g/mol. The maximum atomic E-state index is 11.5. The molecule has 0 aliphatic heterocycles. The Kier molecular flexibility index (Phi) is 6.68. The molecule has 0 aromatic heterocycles. The zero-order chi connectivity index (χ0) is 17.5. The van der Waals surface area contributed by atoms with Crippen LogP contribution in [0.2, 0.25) is 0 Å². The van der Waals surface area contributed by atoms with E-state index in [-0.39, 0.29) is 26.2 Å². The topological polar surface area (TPSA) is 162 Å². The third-order valence-electron chi connectivity index (χ3n) is 2.30. The molecule has 1 aromatic rings. The predicted molar refractivity (Wildman–Crippen MR) is 71.9 cm³/mol. The molecule has 0 saturated heterocycles. The lowest BCUT2D eigenvalue weighted by Crippen LogP contribution is -2.15. The van der Waals surface area contributed by atoms with Crippen LogP contribution in [0.3, 0.4) is 0 Å². The summed E-state index contributed by atoms with van der Waals surface area (Å²) in [4.78, 5) is 24.6. The van der Waals surface area contributed by atoms with E-state index in [0.29, 0.717) is 0 Å². The Bertz CT molecular complexity index is 671. The lowest BCUT2D eigenvalue weighted by atomic mass is 10.3. The van der Waals surface area contributed by atoms with E-state index in [2.05, 4.69) is 4.84 Å². The first kappa shape index (κ1) is 18.6. The smallest absolute Gasteiger partial charge is 0.313 e. The minimum Gasteiger partial charge on any atom is -0.508 e. The average Bonchev–Trinajstić information content (AvgIpc) is 2.43. The number of phenolic OH excluding ortho intramolecular Hbond substituents is 1. The highest BCUT2D eigenvalue weighted by Crippen LogP contribution is 2.27. The number of carbonyl (C=O) groups is 1. The molecule has 12 heteroatoms. The standard InChI is InChI=1S/C11H13NO10S/c13-8-1-2-9(10(7-8)23(17,18)19)22-11(14)3-4-20-5-6-21-12(15)16/h1-2,7,13H,3-6H2,(H,17,18,19). The fourth-order valence-corrected chi connectivity index (χ4v) is 2.02. The van der Waals surface area contributed by atoms with Crippen LogP contribution >= 0.6 is 0 Å². The van der Waals surface area contributed by atoms with Crippen LogP contribution in [0.5, 0.6) is 11.5 Å². The molecule has 0 aliphatic carbocycles. The maximum absolute atomic E-state index is 11.5. The minimum absolute atomic E-state index is 0.121. The Morgan fingerprint density at radius 1 is 1.26 bits per heavy atom. The van der Waals surface area contributed by atoms with Crippen molar-refractivity contribution < 1.29 is 42.3 Å². The number of hydrogen-bond donors (Lipinski definition) is 2. The molecule has 0 atom stereocenters. The molecule has 0 spiro atoms. The molecule has 0 fully saturated rings. The van der Waals surface area contributed by atoms with Crippen LogP contribution < -0.4 is 4.74 Å². The SMILES string of the molecule is O=C(CCOCCO[N+](=O)[O-])Oc1ccc(O)cc1S(=O)(=O)O. The van der Waals surface area contributed by atoms with Gasteiger partial charge in [0.05, 0.1) is 19.6 Å². The van der Waals surface area contributed by atoms with Crippen molar-refractivity contribution in [1.29, 1.82) is 0 Å². The Morgan fingerprint density at radius 2 is 1.96 bits per heavy atom. The van der Waals surface area contributed by atoms with Crippen molar-refractivity contribution in [1.82, 2.24) is 0 Å². The number of esters is 1. The maximum Gasteiger partial charge on any atom is 0.313 e. The summed E-state index contributed by atoms with van der Waals surface area (Å²) in [5, 5.41) is 18.1. The summed E-state index contributed by atoms with van der Waals surface area (Å²) in [6.45, 7) is -0.560. The lowest BCUT2D eigenvalue weighted by molar-refractivity contribution is -0.758. The van der Waals surface area contributed by atoms with Gasteiger partial charge in [0.2, 0.25) is 0 Å². The van der Waals surface area contributed by atoms with Gasteiger partial charge in [-0.15, -0.1) is 10.1 Å². The number of benzene rings is 1. The molecule has 0 saturated carbocycles. The molecule has 1 aromatic carbocycles. The van der Waals surface area contributed by atoms with E-state index >= 15 is 0 Å². The average molecular weight is 351 g/mol. The van der Waals surface area contributed by atoms with Gasteiger partial charge in [-0.05, 0) is 12.1 Å². The normalized spacial score (nSPS) is 11.0. The number of carbonyl (C=O) groups excluding carboxylic acids is 1. The van der Waals surface area contributed by atoms with Crippen molar-refractivity contribution in [2.24, 2.45) is 0 Å². The molecule has 1 rings (SSSR count). The second kappa shape index (κ2) is 8.26. The van der Waals surface area contributed by atoms with Gasteiger partial charge in [0.25, 0.3) is 15.2 Å². The molecule has 128 valence electrons. The van der Waals surface area contributed by atoms with Gasteiger partial charge in [0.15, 0.2) is 5.75 Å². The van der Waals surface area contributed by atoms with Gasteiger partial charge in [-0.1, -0.05) is 0 Å². The Labute approximate surface area is 130 Å². The van der Waals surface area contributed by atoms with Crippen molar-refractivity contribution in [3.05, 3.63) is 28.3 Å². The zero-order valence-electron chi connectivity index (χ0n) is 11.6. The highest BCUT2D eigenvalue weighted by atomic mass is 32.2. The lowest BCUT2D eigenvalue weighted by Gasteiger charge is -2.09. The third-order valence-corrected chi connectivity index (χ3v) is 3.18. The fraction of sp³-hybridized carbons (Fsp3) is 0.364. The van der Waals surface area contributed by atoms with E-state index in [0.717, 1.165) is 18.2 Å². The molecule has 0 bridgehead atoms. The molecule has 2 N–H and O–H groups in total. The van der Waals surface area contributed by atoms with Crippen molar-refractivity contribution in [2.75, 3.05) is 19.8 Å². The Morgan fingerprint density at radius 3 is 2.57 bits per heavy atom. The highest BCUT2D eigenvalue weighted by molar-refractivity contribution is 7.86. The van der Waals surface area contributed by atoms with Gasteiger partial charge >= 0.3 is 5.97 Å². The number of phenols is 1. The number of rotatable bonds is 9. The Hall–Kier alpha value is -2.44. The van der Waals surface area contributed by atoms with Crippen LogP contribution in [-0.2, 0) is 24.5 Å². The van der Waals surface area contributed by atoms with Gasteiger partial charge < -0.3 is 19.4 Å². The first-order valence-corrected chi connectivity index (χ1v) is 7.50. The summed E-state index contributed by atoms with van der Waals surface area (Å²) in [5.74, 6) is -1.76. The van der Waals surface area contributed by atoms with Crippen LogP contribution in [-0.4, -0.2) is 49.0 Å². The first-order valence-electron chi connectivity index (χ1n) is 6.06. The van der Waals surface area contributed by atoms with Crippen molar-refractivity contribution in [2.45, 2.75) is 11.3 Å². The fourth-order valence-electron chi connectivity index (χ4n) is 1.38. The van der Waals surface area contributed by atoms with Gasteiger partial charge in [-0.3, -0.25) is 9.35 Å². The minimum atomic E-state index is -4.69. The number of nitrogens with zero attached hydrogens (tertiary/aromatic N) is 1. The molecule has 0 unspecified atom stereocenters. The molecule has 0 amide bonds. The first-order chi connectivity index (χ1) is 10.7. The summed E-state index contributed by atoms with van der Waals surface area (Å²) in [6, 6.07) is 2.80. The zero-order valence-corrected chi connectivity index (χ0v) is 12.4. The summed E-state index contributed by atoms with van der Waals surface area (Å²) >= 11 is 0. The van der Waals surface area contributed by atoms with Gasteiger partial charge in [0, 0.05) is 6.07 Å². The van der Waals surface area contributed by atoms with E-state index in [9.17, 15) is 28.4 Å². The summed E-state index contributed by atoms with van der Waals surface area (Å²) in [5.41, 5.74) is 0. The molecule has 11 nitrogen and oxygen atoms in total. The van der Waals surface area contributed by atoms with E-state index in [1.165, 1.54) is 0 Å². The van der Waals surface area contributed by atoms with E-state index < -0.39 is 37.6 Å². The predicted octanol–water partition coefficient (Wildman–Crippen LogP) is 0.159. The van der Waals surface area contributed by atoms with Crippen LogP contribution in [0.1, 0.15) is 6.42 Å². The van der Waals surface area contributed by atoms with Crippen LogP contribution in [0.4, 0.5) is 0 Å². The van der Waals surface area contributed by atoms with Crippen molar-refractivity contribution >= 4 is 16.1 Å². The van der Waals surface area contributed by atoms with E-state index in [1.807, 2.05) is 0 Å². The van der Waals surface area contributed by atoms with E-state index in [4.69, 9.17) is 14.0 Å². The van der Waals surface area contributed by atoms with Crippen molar-refractivity contribution in [3.63, 3.8) is 0 Å². The number of ether oxygens (including phenoxy) is 2. The molecular formula is C11H13NO10S. The highest BCUT2D eigenvalue weighted by Gasteiger charge is 2.19. The van der Waals surface area contributed by atoms with Crippen molar-refractivity contribution in [3.8, 4) is 11.5 Å². The molecule has 0 heterocycles. The van der Waals surface area contributed by atoms with E-state index in [1.54, 1.807) is 0 Å². The summed E-state index contributed by atoms with van der Waals surface area (Å²) < 4.78 is 40.9. The van der Waals surface area contributed by atoms with Crippen LogP contribution in [0, 0.1) is 10.1 Å². The van der Waals surface area contributed by atoms with Crippen LogP contribution in [0.25, 0.3) is 0 Å². The summed E-state index contributed by atoms with van der Waals surface area (Å²) in [6.07, 6.45) is -0.274. The van der Waals surface area contributed by atoms with Gasteiger partial charge in [0.1, 0.15) is 17.3 Å². The van der Waals surface area contributed by atoms with Crippen LogP contribution in [0.15, 0.2) is 23.1 Å². The molecule has 0 radical (unpaired) electrons. The second-order valence-corrected chi connectivity index (χ2v) is 5.39.